The SMILES string of the molecule is CCCCCc1cc(O[C@@H]2O[C@H](CO)[C@@H](O)[C@H](O)[C@H]2O)c2c(c1)OC(C)(C)[C@@H]1CCC(C)=C[C@@H]21. The van der Waals surface area contributed by atoms with Gasteiger partial charge in [0.1, 0.15) is 41.5 Å². The molecule has 0 spiro atoms. The van der Waals surface area contributed by atoms with Crippen molar-refractivity contribution in [1.82, 2.24) is 0 Å². The summed E-state index contributed by atoms with van der Waals surface area (Å²) in [7, 11) is 0. The maximum absolute atomic E-state index is 10.6. The summed E-state index contributed by atoms with van der Waals surface area (Å²) in [6, 6.07) is 4.10. The van der Waals surface area contributed by atoms with Crippen molar-refractivity contribution < 1.29 is 34.6 Å². The van der Waals surface area contributed by atoms with Crippen LogP contribution in [0.3, 0.4) is 0 Å². The molecule has 7 nitrogen and oxygen atoms in total. The number of fused-ring (bicyclic) bond motifs is 3. The van der Waals surface area contributed by atoms with E-state index in [0.717, 1.165) is 55.4 Å². The molecule has 0 radical (unpaired) electrons. The van der Waals surface area contributed by atoms with Crippen molar-refractivity contribution >= 4 is 0 Å². The third-order valence-electron chi connectivity index (χ3n) is 7.67. The number of aliphatic hydroxyl groups excluding tert-OH is 4. The summed E-state index contributed by atoms with van der Waals surface area (Å²) in [6.45, 7) is 8.11. The van der Waals surface area contributed by atoms with Crippen LogP contribution < -0.4 is 9.47 Å². The Balaban J connectivity index is 1.75. The number of unbranched alkanes of at least 4 members (excludes halogenated alkanes) is 2. The Morgan fingerprint density at radius 1 is 1.09 bits per heavy atom. The summed E-state index contributed by atoms with van der Waals surface area (Å²) < 4.78 is 18.5. The lowest BCUT2D eigenvalue weighted by atomic mass is 9.68. The number of ether oxygens (including phenoxy) is 3. The van der Waals surface area contributed by atoms with Crippen LogP contribution in [-0.4, -0.2) is 63.3 Å². The number of allylic oxidation sites excluding steroid dienone is 2. The van der Waals surface area contributed by atoms with Gasteiger partial charge in [-0.05, 0) is 64.2 Å². The van der Waals surface area contributed by atoms with Crippen LogP contribution in [0.1, 0.15) is 76.8 Å². The number of aryl methyl sites for hydroxylation is 1. The molecule has 0 saturated carbocycles. The zero-order chi connectivity index (χ0) is 24.6. The van der Waals surface area contributed by atoms with Crippen molar-refractivity contribution in [2.24, 2.45) is 5.92 Å². The molecule has 7 heteroatoms. The molecule has 2 heterocycles. The Bertz CT molecular complexity index is 893. The lowest BCUT2D eigenvalue weighted by Gasteiger charge is -2.47. The molecule has 0 aromatic heterocycles. The van der Waals surface area contributed by atoms with E-state index in [2.05, 4.69) is 39.8 Å². The van der Waals surface area contributed by atoms with Crippen LogP contribution in [0.15, 0.2) is 23.8 Å². The van der Waals surface area contributed by atoms with Gasteiger partial charge in [-0.15, -0.1) is 0 Å². The van der Waals surface area contributed by atoms with E-state index in [0.29, 0.717) is 5.75 Å². The second kappa shape index (κ2) is 10.2. The van der Waals surface area contributed by atoms with Crippen LogP contribution in [0.25, 0.3) is 0 Å². The highest BCUT2D eigenvalue weighted by Gasteiger charge is 2.48. The molecule has 4 N–H and O–H groups in total. The van der Waals surface area contributed by atoms with Gasteiger partial charge >= 0.3 is 0 Å². The average molecular weight is 477 g/mol. The van der Waals surface area contributed by atoms with Crippen LogP contribution in [-0.2, 0) is 11.2 Å². The smallest absolute Gasteiger partial charge is 0.229 e. The zero-order valence-corrected chi connectivity index (χ0v) is 20.7. The fourth-order valence-electron chi connectivity index (χ4n) is 5.67. The summed E-state index contributed by atoms with van der Waals surface area (Å²) in [5, 5.41) is 40.6. The van der Waals surface area contributed by atoms with Crippen molar-refractivity contribution in [3.05, 3.63) is 34.9 Å². The van der Waals surface area contributed by atoms with Crippen LogP contribution in [0.4, 0.5) is 0 Å². The first-order valence-electron chi connectivity index (χ1n) is 12.7. The van der Waals surface area contributed by atoms with Crippen LogP contribution in [0.2, 0.25) is 0 Å². The minimum absolute atomic E-state index is 0.0945. The normalized spacial score (nSPS) is 34.5. The summed E-state index contributed by atoms with van der Waals surface area (Å²) >= 11 is 0. The van der Waals surface area contributed by atoms with Crippen LogP contribution >= 0.6 is 0 Å². The lowest BCUT2D eigenvalue weighted by Crippen LogP contribution is -2.60. The minimum atomic E-state index is -1.49. The molecule has 34 heavy (non-hydrogen) atoms. The third kappa shape index (κ3) is 4.86. The first-order chi connectivity index (χ1) is 16.2. The van der Waals surface area contributed by atoms with Crippen LogP contribution in [0, 0.1) is 5.92 Å². The lowest BCUT2D eigenvalue weighted by molar-refractivity contribution is -0.277. The number of hydrogen-bond acceptors (Lipinski definition) is 7. The van der Waals surface area contributed by atoms with E-state index in [-0.39, 0.29) is 17.4 Å². The second-order valence-electron chi connectivity index (χ2n) is 10.7. The van der Waals surface area contributed by atoms with Gasteiger partial charge < -0.3 is 34.6 Å². The highest BCUT2D eigenvalue weighted by molar-refractivity contribution is 5.54. The van der Waals surface area contributed by atoms with E-state index < -0.39 is 37.3 Å². The molecular formula is C27H40O7. The predicted octanol–water partition coefficient (Wildman–Crippen LogP) is 3.21. The summed E-state index contributed by atoms with van der Waals surface area (Å²) in [4.78, 5) is 0. The molecule has 0 unspecified atom stereocenters. The molecular weight excluding hydrogens is 436 g/mol. The molecule has 2 aliphatic heterocycles. The summed E-state index contributed by atoms with van der Waals surface area (Å²) in [6.07, 6.45) is 1.88. The van der Waals surface area contributed by atoms with Crippen molar-refractivity contribution in [2.45, 2.75) is 108 Å². The molecule has 0 bridgehead atoms. The van der Waals surface area contributed by atoms with E-state index in [4.69, 9.17) is 14.2 Å². The monoisotopic (exact) mass is 476 g/mol. The Morgan fingerprint density at radius 3 is 2.56 bits per heavy atom. The van der Waals surface area contributed by atoms with E-state index >= 15 is 0 Å². The van der Waals surface area contributed by atoms with Gasteiger partial charge in [0.15, 0.2) is 0 Å². The maximum Gasteiger partial charge on any atom is 0.229 e. The molecule has 1 aliphatic carbocycles. The predicted molar refractivity (Wildman–Crippen MR) is 128 cm³/mol. The Morgan fingerprint density at radius 2 is 1.85 bits per heavy atom. The third-order valence-corrected chi connectivity index (χ3v) is 7.67. The Kier molecular flexibility index (Phi) is 7.60. The highest BCUT2D eigenvalue weighted by Crippen LogP contribution is 2.54. The molecule has 1 saturated heterocycles. The van der Waals surface area contributed by atoms with E-state index in [1.54, 1.807) is 0 Å². The number of hydrogen-bond donors (Lipinski definition) is 4. The van der Waals surface area contributed by atoms with Gasteiger partial charge in [0.05, 0.1) is 6.61 Å². The molecule has 3 aliphatic rings. The molecule has 1 aromatic rings. The van der Waals surface area contributed by atoms with E-state index in [1.807, 2.05) is 6.07 Å². The van der Waals surface area contributed by atoms with Gasteiger partial charge in [-0.1, -0.05) is 31.4 Å². The highest BCUT2D eigenvalue weighted by atomic mass is 16.7. The van der Waals surface area contributed by atoms with Gasteiger partial charge in [0, 0.05) is 17.4 Å². The molecule has 190 valence electrons. The fraction of sp³-hybridized carbons (Fsp3) is 0.704. The molecule has 1 aromatic carbocycles. The first-order valence-corrected chi connectivity index (χ1v) is 12.7. The Labute approximate surface area is 202 Å². The summed E-state index contributed by atoms with van der Waals surface area (Å²) in [5.74, 6) is 1.71. The standard InChI is InChI=1S/C27H40O7/c1-5-6-7-8-16-12-19(32-26-25(31)24(30)23(29)21(14-28)33-26)22-17-11-15(2)9-10-18(17)27(3,4)34-20(22)13-16/h11-13,17-18,21,23-26,28-31H,5-10,14H2,1-4H3/t17-,18-,21-,23-,24+,25-,26-/m1/s1. The van der Waals surface area contributed by atoms with Gasteiger partial charge in [-0.25, -0.2) is 0 Å². The number of aliphatic hydroxyl groups is 4. The van der Waals surface area contributed by atoms with Gasteiger partial charge in [-0.2, -0.15) is 0 Å². The van der Waals surface area contributed by atoms with E-state index in [1.165, 1.54) is 5.57 Å². The zero-order valence-electron chi connectivity index (χ0n) is 20.7. The number of benzene rings is 1. The van der Waals surface area contributed by atoms with E-state index in [9.17, 15) is 20.4 Å². The quantitative estimate of drug-likeness (QED) is 0.353. The average Bonchev–Trinajstić information content (AvgIpc) is 2.78. The van der Waals surface area contributed by atoms with Crippen molar-refractivity contribution in [2.75, 3.05) is 6.61 Å². The molecule has 7 atom stereocenters. The second-order valence-corrected chi connectivity index (χ2v) is 10.7. The van der Waals surface area contributed by atoms with Gasteiger partial charge in [0.25, 0.3) is 0 Å². The molecule has 4 rings (SSSR count). The van der Waals surface area contributed by atoms with Crippen LogP contribution in [0.5, 0.6) is 11.5 Å². The topological polar surface area (TPSA) is 109 Å². The summed E-state index contributed by atoms with van der Waals surface area (Å²) in [5.41, 5.74) is 3.00. The van der Waals surface area contributed by atoms with Gasteiger partial charge in [-0.3, -0.25) is 0 Å². The van der Waals surface area contributed by atoms with Crippen molar-refractivity contribution in [1.29, 1.82) is 0 Å². The fourth-order valence-corrected chi connectivity index (χ4v) is 5.67. The molecule has 1 fully saturated rings. The van der Waals surface area contributed by atoms with Crippen molar-refractivity contribution in [3.63, 3.8) is 0 Å². The minimum Gasteiger partial charge on any atom is -0.487 e. The van der Waals surface area contributed by atoms with Crippen molar-refractivity contribution in [3.8, 4) is 11.5 Å². The van der Waals surface area contributed by atoms with Gasteiger partial charge in [0.2, 0.25) is 6.29 Å². The largest absolute Gasteiger partial charge is 0.487 e. The maximum atomic E-state index is 10.6. The molecule has 0 amide bonds. The Hall–Kier alpha value is -1.64. The first kappa shape index (κ1) is 25.5. The number of rotatable bonds is 7.